The number of benzene rings is 10. The summed E-state index contributed by atoms with van der Waals surface area (Å²) in [5, 5.41) is 7.30. The van der Waals surface area contributed by atoms with Crippen LogP contribution in [0.2, 0.25) is 0 Å². The van der Waals surface area contributed by atoms with Gasteiger partial charge in [0.05, 0.1) is 27.5 Å². The minimum absolute atomic E-state index is 0.591. The number of nitrogens with zero attached hydrogens (tertiary/aromatic N) is 2. The number of fused-ring (bicyclic) bond motifs is 21. The van der Waals surface area contributed by atoms with Gasteiger partial charge in [-0.2, -0.15) is 0 Å². The highest BCUT2D eigenvalue weighted by atomic mass is 16.3. The quantitative estimate of drug-likeness (QED) is 0.174. The van der Waals surface area contributed by atoms with Crippen molar-refractivity contribution in [3.8, 4) is 44.8 Å². The molecule has 2 aliphatic carbocycles. The predicted molar refractivity (Wildman–Crippen MR) is 264 cm³/mol. The Balaban J connectivity index is 1.05. The van der Waals surface area contributed by atoms with Crippen LogP contribution in [-0.2, 0) is 5.41 Å². The summed E-state index contributed by atoms with van der Waals surface area (Å²) >= 11 is 0. The molecule has 0 bridgehead atoms. The molecule has 0 amide bonds. The van der Waals surface area contributed by atoms with E-state index in [0.717, 1.165) is 44.4 Å². The van der Waals surface area contributed by atoms with Crippen molar-refractivity contribution >= 4 is 65.6 Å². The standard InChI is InChI=1S/C61H36N2O/c1-2-15-38(16-3-1)62-53-26-11-6-18-42(53)46-35-36-52-56(58(46)62)49-21-5-10-25-51(49)61(52)50-24-9-4-17-41(50)45-33-34-47-43-19-7-12-27-54(43)63(59(47)57(45)61)39-31-29-37(30-32-39)40-22-14-23-48-44-20-8-13-28-55(44)64-60(40)48/h1-36H. The molecule has 0 N–H and O–H groups in total. The molecule has 0 radical (unpaired) electrons. The van der Waals surface area contributed by atoms with Crippen molar-refractivity contribution in [2.24, 2.45) is 0 Å². The Hall–Kier alpha value is -8.40. The second-order valence-electron chi connectivity index (χ2n) is 17.5. The van der Waals surface area contributed by atoms with E-state index in [1.165, 1.54) is 88.1 Å². The maximum Gasteiger partial charge on any atom is 0.143 e. The first-order valence-electron chi connectivity index (χ1n) is 22.2. The third kappa shape index (κ3) is 4.17. The third-order valence-corrected chi connectivity index (χ3v) is 14.5. The third-order valence-electron chi connectivity index (χ3n) is 14.5. The molecule has 3 aromatic heterocycles. The van der Waals surface area contributed by atoms with Crippen LogP contribution in [0.25, 0.3) is 110 Å². The number of hydrogen-bond donors (Lipinski definition) is 0. The van der Waals surface area contributed by atoms with Crippen molar-refractivity contribution in [3.63, 3.8) is 0 Å². The lowest BCUT2D eigenvalue weighted by atomic mass is 9.70. The van der Waals surface area contributed by atoms with Gasteiger partial charge in [-0.15, -0.1) is 0 Å². The van der Waals surface area contributed by atoms with Crippen LogP contribution >= 0.6 is 0 Å². The molecule has 13 aromatic rings. The molecule has 3 heteroatoms. The van der Waals surface area contributed by atoms with E-state index in [0.29, 0.717) is 0 Å². The van der Waals surface area contributed by atoms with Gasteiger partial charge in [0.25, 0.3) is 0 Å². The summed E-state index contributed by atoms with van der Waals surface area (Å²) in [6, 6.07) is 80.8. The lowest BCUT2D eigenvalue weighted by molar-refractivity contribution is 0.670. The predicted octanol–water partition coefficient (Wildman–Crippen LogP) is 15.8. The molecular weight excluding hydrogens is 777 g/mol. The van der Waals surface area contributed by atoms with Crippen LogP contribution in [0.4, 0.5) is 0 Å². The summed E-state index contributed by atoms with van der Waals surface area (Å²) < 4.78 is 11.6. The Kier molecular flexibility index (Phi) is 6.61. The molecule has 64 heavy (non-hydrogen) atoms. The molecule has 3 nitrogen and oxygen atoms in total. The van der Waals surface area contributed by atoms with Crippen molar-refractivity contribution < 1.29 is 4.42 Å². The maximum absolute atomic E-state index is 6.52. The minimum atomic E-state index is -0.591. The molecule has 296 valence electrons. The summed E-state index contributed by atoms with van der Waals surface area (Å²) in [6.45, 7) is 0. The highest BCUT2D eigenvalue weighted by molar-refractivity contribution is 6.19. The summed E-state index contributed by atoms with van der Waals surface area (Å²) in [5.74, 6) is 0. The first kappa shape index (κ1) is 34.2. The molecule has 10 aromatic carbocycles. The van der Waals surface area contributed by atoms with Crippen LogP contribution in [-0.4, -0.2) is 9.13 Å². The van der Waals surface area contributed by atoms with Crippen molar-refractivity contribution in [1.29, 1.82) is 0 Å². The van der Waals surface area contributed by atoms with Gasteiger partial charge in [-0.1, -0.05) is 176 Å². The minimum Gasteiger partial charge on any atom is -0.455 e. The number of aromatic nitrogens is 2. The average molecular weight is 813 g/mol. The summed E-state index contributed by atoms with van der Waals surface area (Å²) in [7, 11) is 0. The summed E-state index contributed by atoms with van der Waals surface area (Å²) in [5.41, 5.74) is 21.1. The van der Waals surface area contributed by atoms with Crippen LogP contribution in [0.15, 0.2) is 223 Å². The second-order valence-corrected chi connectivity index (χ2v) is 17.5. The van der Waals surface area contributed by atoms with Crippen LogP contribution in [0.3, 0.4) is 0 Å². The topological polar surface area (TPSA) is 23.0 Å². The number of para-hydroxylation sites is 5. The van der Waals surface area contributed by atoms with Gasteiger partial charge in [0.15, 0.2) is 0 Å². The molecule has 0 fully saturated rings. The SMILES string of the molecule is c1ccc(-n2c3ccccc3c3ccc4c(c32)-c2ccccc2C42c3ccccc3-c3ccc4c5ccccc5n(-c5ccc(-c6cccc7c6oc6ccccc67)cc5)c4c32)cc1. The van der Waals surface area contributed by atoms with E-state index in [1.54, 1.807) is 0 Å². The van der Waals surface area contributed by atoms with Gasteiger partial charge in [-0.05, 0) is 81.4 Å². The first-order chi connectivity index (χ1) is 31.8. The first-order valence-corrected chi connectivity index (χ1v) is 22.2. The van der Waals surface area contributed by atoms with Gasteiger partial charge >= 0.3 is 0 Å². The van der Waals surface area contributed by atoms with Crippen LogP contribution in [0.1, 0.15) is 22.3 Å². The fourth-order valence-corrected chi connectivity index (χ4v) is 12.1. The van der Waals surface area contributed by atoms with Crippen LogP contribution in [0.5, 0.6) is 0 Å². The van der Waals surface area contributed by atoms with Gasteiger partial charge in [0.1, 0.15) is 11.2 Å². The second kappa shape index (κ2) is 12.4. The van der Waals surface area contributed by atoms with E-state index in [-0.39, 0.29) is 0 Å². The monoisotopic (exact) mass is 812 g/mol. The molecule has 15 rings (SSSR count). The summed E-state index contributed by atoms with van der Waals surface area (Å²) in [6.07, 6.45) is 0. The van der Waals surface area contributed by atoms with E-state index in [9.17, 15) is 0 Å². The van der Waals surface area contributed by atoms with Crippen molar-refractivity contribution in [2.75, 3.05) is 0 Å². The molecule has 1 atom stereocenters. The van der Waals surface area contributed by atoms with Gasteiger partial charge in [-0.3, -0.25) is 0 Å². The Bertz CT molecular complexity index is 4130. The highest BCUT2D eigenvalue weighted by Gasteiger charge is 2.54. The Labute approximate surface area is 368 Å². The lowest BCUT2D eigenvalue weighted by Crippen LogP contribution is -2.26. The van der Waals surface area contributed by atoms with Crippen LogP contribution in [0, 0.1) is 0 Å². The largest absolute Gasteiger partial charge is 0.455 e. The van der Waals surface area contributed by atoms with Crippen molar-refractivity contribution in [2.45, 2.75) is 5.41 Å². The molecule has 1 unspecified atom stereocenters. The zero-order chi connectivity index (χ0) is 41.7. The Morgan fingerprint density at radius 3 is 1.67 bits per heavy atom. The van der Waals surface area contributed by atoms with Gasteiger partial charge in [0.2, 0.25) is 0 Å². The molecule has 0 saturated heterocycles. The van der Waals surface area contributed by atoms with Gasteiger partial charge in [0, 0.05) is 60.4 Å². The highest BCUT2D eigenvalue weighted by Crippen LogP contribution is 2.66. The molecule has 2 aliphatic rings. The fraction of sp³-hybridized carbons (Fsp3) is 0.0164. The van der Waals surface area contributed by atoms with Gasteiger partial charge < -0.3 is 13.6 Å². The normalized spacial score (nSPS) is 14.9. The summed E-state index contributed by atoms with van der Waals surface area (Å²) in [4.78, 5) is 0. The smallest absolute Gasteiger partial charge is 0.143 e. The number of furan rings is 1. The molecule has 0 aliphatic heterocycles. The van der Waals surface area contributed by atoms with E-state index in [2.05, 4.69) is 221 Å². The molecule has 0 saturated carbocycles. The van der Waals surface area contributed by atoms with Crippen LogP contribution < -0.4 is 0 Å². The maximum atomic E-state index is 6.52. The van der Waals surface area contributed by atoms with Gasteiger partial charge in [-0.25, -0.2) is 0 Å². The number of hydrogen-bond acceptors (Lipinski definition) is 1. The fourth-order valence-electron chi connectivity index (χ4n) is 12.1. The Morgan fingerprint density at radius 2 is 0.891 bits per heavy atom. The van der Waals surface area contributed by atoms with E-state index in [4.69, 9.17) is 4.42 Å². The molecular formula is C61H36N2O. The zero-order valence-electron chi connectivity index (χ0n) is 34.6. The number of rotatable bonds is 3. The molecule has 1 spiro atoms. The average Bonchev–Trinajstić information content (AvgIpc) is 4.15. The molecule has 3 heterocycles. The zero-order valence-corrected chi connectivity index (χ0v) is 34.6. The van der Waals surface area contributed by atoms with E-state index in [1.807, 2.05) is 6.07 Å². The van der Waals surface area contributed by atoms with E-state index >= 15 is 0 Å². The Morgan fingerprint density at radius 1 is 0.328 bits per heavy atom. The van der Waals surface area contributed by atoms with Crippen molar-refractivity contribution in [1.82, 2.24) is 9.13 Å². The van der Waals surface area contributed by atoms with Crippen molar-refractivity contribution in [3.05, 3.63) is 241 Å². The van der Waals surface area contributed by atoms with E-state index < -0.39 is 5.41 Å². The lowest BCUT2D eigenvalue weighted by Gasteiger charge is -2.31.